The van der Waals surface area contributed by atoms with E-state index in [2.05, 4.69) is 13.0 Å². The molecule has 19 heavy (non-hydrogen) atoms. The molecule has 0 atom stereocenters. The summed E-state index contributed by atoms with van der Waals surface area (Å²) in [5, 5.41) is 0. The highest BCUT2D eigenvalue weighted by Crippen LogP contribution is 2.20. The first-order chi connectivity index (χ1) is 9.38. The Balaban J connectivity index is 2.26. The first-order valence-electron chi connectivity index (χ1n) is 7.32. The van der Waals surface area contributed by atoms with Crippen molar-refractivity contribution in [2.24, 2.45) is 0 Å². The molecular weight excluding hydrogens is 236 g/mol. The number of para-hydroxylation sites is 1. The Bertz CT molecular complexity index is 392. The van der Waals surface area contributed by atoms with Crippen molar-refractivity contribution < 1.29 is 9.53 Å². The molecule has 0 saturated heterocycles. The maximum atomic E-state index is 10.2. The molecule has 0 amide bonds. The molecule has 2 heteroatoms. The smallest absolute Gasteiger partial charge is 0.174 e. The zero-order valence-electron chi connectivity index (χ0n) is 11.9. The normalized spacial score (nSPS) is 9.95. The van der Waals surface area contributed by atoms with Gasteiger partial charge in [0, 0.05) is 0 Å². The molecule has 0 radical (unpaired) electrons. The van der Waals surface area contributed by atoms with Gasteiger partial charge in [-0.05, 0) is 24.5 Å². The lowest BCUT2D eigenvalue weighted by Crippen LogP contribution is -1.92. The molecule has 0 saturated carbocycles. The van der Waals surface area contributed by atoms with Crippen molar-refractivity contribution in [3.63, 3.8) is 0 Å². The fourth-order valence-electron chi connectivity index (χ4n) is 2.19. The van der Waals surface area contributed by atoms with Crippen LogP contribution in [0, 0.1) is 0 Å². The number of hydrogen-bond acceptors (Lipinski definition) is 2. The number of benzene rings is 1. The fraction of sp³-hybridized carbons (Fsp3) is 0.529. The fourth-order valence-corrected chi connectivity index (χ4v) is 2.19. The second kappa shape index (κ2) is 10.4. The second-order valence-corrected chi connectivity index (χ2v) is 4.83. The zero-order chi connectivity index (χ0) is 13.8. The van der Waals surface area contributed by atoms with Crippen molar-refractivity contribution in [1.82, 2.24) is 0 Å². The Morgan fingerprint density at radius 1 is 1.05 bits per heavy atom. The van der Waals surface area contributed by atoms with Crippen LogP contribution in [0.5, 0.6) is 5.75 Å². The number of hydrogen-bond donors (Lipinski definition) is 0. The van der Waals surface area contributed by atoms with Crippen LogP contribution in [0.4, 0.5) is 0 Å². The Morgan fingerprint density at radius 3 is 2.47 bits per heavy atom. The molecule has 104 valence electrons. The van der Waals surface area contributed by atoms with Gasteiger partial charge in [-0.3, -0.25) is 0 Å². The van der Waals surface area contributed by atoms with Gasteiger partial charge in [0.05, 0.1) is 0 Å². The molecular formula is C17H24O2. The van der Waals surface area contributed by atoms with Crippen molar-refractivity contribution in [3.8, 4) is 5.75 Å². The summed E-state index contributed by atoms with van der Waals surface area (Å²) in [6, 6.07) is 7.88. The number of ether oxygens (including phenoxy) is 1. The molecule has 0 N–H and O–H groups in total. The minimum Gasteiger partial charge on any atom is -0.453 e. The Hall–Kier alpha value is -1.53. The van der Waals surface area contributed by atoms with Crippen molar-refractivity contribution >= 4 is 5.94 Å². The summed E-state index contributed by atoms with van der Waals surface area (Å²) in [4.78, 5) is 10.2. The standard InChI is InChI=1S/C17H24O2/c1-2-3-4-5-6-7-8-11-16-12-9-10-13-17(16)19-15-14-18/h9-10,12-13,15H,2-8,11H2,1H3. The first kappa shape index (κ1) is 15.5. The lowest BCUT2D eigenvalue weighted by atomic mass is 10.0. The minimum absolute atomic E-state index is 0.775. The van der Waals surface area contributed by atoms with Crippen LogP contribution in [0.3, 0.4) is 0 Å². The van der Waals surface area contributed by atoms with Crippen LogP contribution in [0.25, 0.3) is 0 Å². The number of aryl methyl sites for hydroxylation is 1. The molecule has 0 aliphatic heterocycles. The molecule has 1 aromatic rings. The van der Waals surface area contributed by atoms with Gasteiger partial charge in [-0.1, -0.05) is 63.6 Å². The van der Waals surface area contributed by atoms with Crippen molar-refractivity contribution in [1.29, 1.82) is 0 Å². The Kier molecular flexibility index (Phi) is 8.50. The van der Waals surface area contributed by atoms with E-state index in [9.17, 15) is 4.79 Å². The van der Waals surface area contributed by atoms with Gasteiger partial charge in [0.15, 0.2) is 12.2 Å². The summed E-state index contributed by atoms with van der Waals surface area (Å²) in [7, 11) is 0. The molecule has 0 heterocycles. The topological polar surface area (TPSA) is 26.3 Å². The second-order valence-electron chi connectivity index (χ2n) is 4.83. The predicted molar refractivity (Wildman–Crippen MR) is 79.0 cm³/mol. The van der Waals surface area contributed by atoms with E-state index >= 15 is 0 Å². The molecule has 0 unspecified atom stereocenters. The van der Waals surface area contributed by atoms with E-state index in [1.165, 1.54) is 50.5 Å². The Labute approximate surface area is 116 Å². The van der Waals surface area contributed by atoms with Crippen molar-refractivity contribution in [2.75, 3.05) is 0 Å². The largest absolute Gasteiger partial charge is 0.453 e. The highest BCUT2D eigenvalue weighted by atomic mass is 16.5. The van der Waals surface area contributed by atoms with Gasteiger partial charge in [-0.2, -0.15) is 0 Å². The summed E-state index contributed by atoms with van der Waals surface area (Å²) in [6.07, 6.45) is 11.2. The third-order valence-corrected chi connectivity index (χ3v) is 3.26. The summed E-state index contributed by atoms with van der Waals surface area (Å²) >= 11 is 0. The molecule has 0 aliphatic rings. The maximum Gasteiger partial charge on any atom is 0.174 e. The van der Waals surface area contributed by atoms with Gasteiger partial charge in [0.25, 0.3) is 0 Å². The SMILES string of the molecule is CCCCCCCCCc1ccccc1OC=C=O. The van der Waals surface area contributed by atoms with Crippen LogP contribution in [-0.2, 0) is 11.2 Å². The van der Waals surface area contributed by atoms with Gasteiger partial charge in [0.1, 0.15) is 5.75 Å². The van der Waals surface area contributed by atoms with Crippen LogP contribution < -0.4 is 4.74 Å². The molecule has 0 fully saturated rings. The summed E-state index contributed by atoms with van der Waals surface area (Å²) in [5.41, 5.74) is 1.17. The van der Waals surface area contributed by atoms with Crippen LogP contribution in [0.15, 0.2) is 30.5 Å². The average molecular weight is 260 g/mol. The van der Waals surface area contributed by atoms with E-state index in [1.807, 2.05) is 18.2 Å². The lowest BCUT2D eigenvalue weighted by molar-refractivity contribution is 0.469. The van der Waals surface area contributed by atoms with Crippen molar-refractivity contribution in [3.05, 3.63) is 36.1 Å². The molecule has 0 aromatic heterocycles. The van der Waals surface area contributed by atoms with E-state index in [4.69, 9.17) is 4.74 Å². The number of rotatable bonds is 10. The van der Waals surface area contributed by atoms with Gasteiger partial charge in [0.2, 0.25) is 0 Å². The van der Waals surface area contributed by atoms with E-state index in [0.717, 1.165) is 18.4 Å². The van der Waals surface area contributed by atoms with Crippen LogP contribution in [0.1, 0.15) is 57.4 Å². The van der Waals surface area contributed by atoms with Crippen molar-refractivity contribution in [2.45, 2.75) is 58.3 Å². The van der Waals surface area contributed by atoms with E-state index in [1.54, 1.807) is 5.94 Å². The zero-order valence-corrected chi connectivity index (χ0v) is 11.9. The third kappa shape index (κ3) is 6.83. The van der Waals surface area contributed by atoms with Crippen LogP contribution in [0.2, 0.25) is 0 Å². The lowest BCUT2D eigenvalue weighted by Gasteiger charge is -2.07. The molecule has 0 aliphatic carbocycles. The first-order valence-corrected chi connectivity index (χ1v) is 7.32. The molecule has 1 aromatic carbocycles. The Morgan fingerprint density at radius 2 is 1.74 bits per heavy atom. The molecule has 2 nitrogen and oxygen atoms in total. The molecule has 0 spiro atoms. The highest BCUT2D eigenvalue weighted by molar-refractivity contribution is 5.44. The summed E-state index contributed by atoms with van der Waals surface area (Å²) in [6.45, 7) is 2.24. The van der Waals surface area contributed by atoms with Gasteiger partial charge in [-0.25, -0.2) is 4.79 Å². The summed E-state index contributed by atoms with van der Waals surface area (Å²) in [5.74, 6) is 2.42. The average Bonchev–Trinajstić information content (AvgIpc) is 2.45. The van der Waals surface area contributed by atoms with Crippen LogP contribution >= 0.6 is 0 Å². The number of carbonyl (C=O) groups excluding carboxylic acids is 1. The third-order valence-electron chi connectivity index (χ3n) is 3.26. The summed E-state index contributed by atoms with van der Waals surface area (Å²) < 4.78 is 5.25. The molecule has 0 bridgehead atoms. The van der Waals surface area contributed by atoms with Gasteiger partial charge < -0.3 is 4.74 Å². The maximum absolute atomic E-state index is 10.2. The van der Waals surface area contributed by atoms with Crippen LogP contribution in [-0.4, -0.2) is 5.94 Å². The van der Waals surface area contributed by atoms with Gasteiger partial charge in [-0.15, -0.1) is 0 Å². The highest BCUT2D eigenvalue weighted by Gasteiger charge is 2.01. The molecule has 1 rings (SSSR count). The number of unbranched alkanes of at least 4 members (excludes halogenated alkanes) is 6. The van der Waals surface area contributed by atoms with E-state index < -0.39 is 0 Å². The quantitative estimate of drug-likeness (QED) is 0.346. The van der Waals surface area contributed by atoms with E-state index in [0.29, 0.717) is 0 Å². The van der Waals surface area contributed by atoms with E-state index in [-0.39, 0.29) is 0 Å². The van der Waals surface area contributed by atoms with Gasteiger partial charge >= 0.3 is 0 Å². The monoisotopic (exact) mass is 260 g/mol. The predicted octanol–water partition coefficient (Wildman–Crippen LogP) is 4.70. The minimum atomic E-state index is 0.775.